The standard InChI is InChI=1S/C28H33NO4/c1-32-21-12-20(11-18-7-8-18)22-14-26-28(31)16-25(33-17-19-5-3-2-4-6-19)24(30)15-27(28,9-10-29-26)23(22)13-21/h2-6,12-13,18,25-26,29,31H,7-11,14-17H2,1H3/t25-,26+,27+,28+/m0/s1. The first-order valence-electron chi connectivity index (χ1n) is 12.4. The zero-order valence-electron chi connectivity index (χ0n) is 19.3. The van der Waals surface area contributed by atoms with E-state index in [-0.39, 0.29) is 11.8 Å². The van der Waals surface area contributed by atoms with Gasteiger partial charge < -0.3 is 19.9 Å². The molecule has 2 aromatic rings. The predicted molar refractivity (Wildman–Crippen MR) is 125 cm³/mol. The van der Waals surface area contributed by atoms with E-state index in [0.717, 1.165) is 48.6 Å². The van der Waals surface area contributed by atoms with E-state index in [0.29, 0.717) is 19.4 Å². The normalized spacial score (nSPS) is 32.7. The topological polar surface area (TPSA) is 67.8 Å². The first-order chi connectivity index (χ1) is 16.0. The number of fused-ring (bicyclic) bond motifs is 1. The van der Waals surface area contributed by atoms with Crippen LogP contribution in [0.25, 0.3) is 0 Å². The van der Waals surface area contributed by atoms with E-state index >= 15 is 0 Å². The van der Waals surface area contributed by atoms with Gasteiger partial charge >= 0.3 is 0 Å². The lowest BCUT2D eigenvalue weighted by Crippen LogP contribution is -2.74. The van der Waals surface area contributed by atoms with Gasteiger partial charge in [-0.3, -0.25) is 4.79 Å². The molecule has 0 aromatic heterocycles. The van der Waals surface area contributed by atoms with Crippen molar-refractivity contribution in [3.05, 3.63) is 64.7 Å². The minimum absolute atomic E-state index is 0.0685. The van der Waals surface area contributed by atoms with Crippen molar-refractivity contribution in [2.45, 2.75) is 74.7 Å². The molecule has 3 aliphatic carbocycles. The maximum atomic E-state index is 13.5. The molecule has 2 bridgehead atoms. The second-order valence-corrected chi connectivity index (χ2v) is 10.6. The highest BCUT2D eigenvalue weighted by molar-refractivity contribution is 5.87. The van der Waals surface area contributed by atoms with Gasteiger partial charge in [0.2, 0.25) is 0 Å². The zero-order chi connectivity index (χ0) is 22.6. The highest BCUT2D eigenvalue weighted by atomic mass is 16.5. The van der Waals surface area contributed by atoms with Crippen molar-refractivity contribution in [1.29, 1.82) is 0 Å². The van der Waals surface area contributed by atoms with Gasteiger partial charge in [-0.2, -0.15) is 0 Å². The third kappa shape index (κ3) is 3.44. The second-order valence-electron chi connectivity index (χ2n) is 10.6. The van der Waals surface area contributed by atoms with Crippen LogP contribution in [0, 0.1) is 5.92 Å². The summed E-state index contributed by atoms with van der Waals surface area (Å²) in [5, 5.41) is 15.9. The predicted octanol–water partition coefficient (Wildman–Crippen LogP) is 3.48. The number of methoxy groups -OCH3 is 1. The molecule has 174 valence electrons. The number of benzene rings is 2. The first-order valence-corrected chi connectivity index (χ1v) is 12.4. The van der Waals surface area contributed by atoms with Crippen molar-refractivity contribution < 1.29 is 19.4 Å². The molecule has 5 nitrogen and oxygen atoms in total. The largest absolute Gasteiger partial charge is 0.497 e. The van der Waals surface area contributed by atoms with E-state index in [2.05, 4.69) is 17.4 Å². The molecule has 1 aliphatic heterocycles. The minimum Gasteiger partial charge on any atom is -0.497 e. The number of nitrogens with one attached hydrogen (secondary N) is 1. The Labute approximate surface area is 195 Å². The molecule has 0 radical (unpaired) electrons. The summed E-state index contributed by atoms with van der Waals surface area (Å²) < 4.78 is 11.8. The first kappa shape index (κ1) is 21.3. The highest BCUT2D eigenvalue weighted by Gasteiger charge is 2.65. The number of carbonyl (C=O) groups is 1. The van der Waals surface area contributed by atoms with E-state index in [1.54, 1.807) is 7.11 Å². The fraction of sp³-hybridized carbons (Fsp3) is 0.536. The third-order valence-electron chi connectivity index (χ3n) is 8.65. The monoisotopic (exact) mass is 447 g/mol. The molecule has 4 atom stereocenters. The van der Waals surface area contributed by atoms with Gasteiger partial charge in [0.25, 0.3) is 0 Å². The number of hydrogen-bond donors (Lipinski definition) is 2. The number of Topliss-reactive ketones (excluding diaryl/α,β-unsaturated/α-hetero) is 1. The van der Waals surface area contributed by atoms with Crippen molar-refractivity contribution in [1.82, 2.24) is 5.32 Å². The zero-order valence-corrected chi connectivity index (χ0v) is 19.3. The van der Waals surface area contributed by atoms with E-state index in [4.69, 9.17) is 9.47 Å². The van der Waals surface area contributed by atoms with Crippen LogP contribution in [0.4, 0.5) is 0 Å². The fourth-order valence-electron chi connectivity index (χ4n) is 6.70. The molecular formula is C28H33NO4. The molecule has 2 N–H and O–H groups in total. The van der Waals surface area contributed by atoms with Gasteiger partial charge in [0.1, 0.15) is 11.9 Å². The molecule has 0 unspecified atom stereocenters. The molecule has 4 aliphatic rings. The van der Waals surface area contributed by atoms with Crippen molar-refractivity contribution in [2.75, 3.05) is 13.7 Å². The molecule has 1 saturated heterocycles. The number of piperidine rings is 1. The van der Waals surface area contributed by atoms with Crippen LogP contribution in [-0.4, -0.2) is 42.3 Å². The Kier molecular flexibility index (Phi) is 5.13. The summed E-state index contributed by atoms with van der Waals surface area (Å²) in [6, 6.07) is 14.2. The maximum Gasteiger partial charge on any atom is 0.162 e. The molecule has 6 rings (SSSR count). The summed E-state index contributed by atoms with van der Waals surface area (Å²) in [6.45, 7) is 1.19. The fourth-order valence-corrected chi connectivity index (χ4v) is 6.70. The summed E-state index contributed by atoms with van der Waals surface area (Å²) in [4.78, 5) is 13.5. The Hall–Kier alpha value is -2.21. The summed E-state index contributed by atoms with van der Waals surface area (Å²) in [5.41, 5.74) is 3.27. The molecule has 1 heterocycles. The van der Waals surface area contributed by atoms with Crippen molar-refractivity contribution >= 4 is 5.78 Å². The van der Waals surface area contributed by atoms with Gasteiger partial charge in [-0.1, -0.05) is 30.3 Å². The SMILES string of the molecule is COc1cc(CC2CC2)c2c(c1)[C@]13CCN[C@H](C2)[C@]1(O)C[C@H](OCc1ccccc1)C(=O)C3. The molecule has 0 amide bonds. The second kappa shape index (κ2) is 7.93. The van der Waals surface area contributed by atoms with Crippen molar-refractivity contribution in [2.24, 2.45) is 5.92 Å². The Balaban J connectivity index is 1.37. The van der Waals surface area contributed by atoms with Gasteiger partial charge in [0, 0.05) is 24.3 Å². The van der Waals surface area contributed by atoms with Gasteiger partial charge in [0.15, 0.2) is 5.78 Å². The van der Waals surface area contributed by atoms with Crippen LogP contribution in [0.3, 0.4) is 0 Å². The van der Waals surface area contributed by atoms with Gasteiger partial charge in [-0.25, -0.2) is 0 Å². The molecule has 0 spiro atoms. The number of rotatable bonds is 6. The van der Waals surface area contributed by atoms with Crippen LogP contribution in [0.5, 0.6) is 5.75 Å². The van der Waals surface area contributed by atoms with Crippen LogP contribution in [0.1, 0.15) is 54.4 Å². The number of ether oxygens (including phenoxy) is 2. The van der Waals surface area contributed by atoms with Crippen molar-refractivity contribution in [3.63, 3.8) is 0 Å². The minimum atomic E-state index is -1.02. The van der Waals surface area contributed by atoms with Crippen LogP contribution in [-0.2, 0) is 34.4 Å². The van der Waals surface area contributed by atoms with Crippen LogP contribution < -0.4 is 10.1 Å². The average molecular weight is 448 g/mol. The Morgan fingerprint density at radius 1 is 1.18 bits per heavy atom. The summed E-state index contributed by atoms with van der Waals surface area (Å²) in [5.74, 6) is 1.71. The molecule has 5 heteroatoms. The highest BCUT2D eigenvalue weighted by Crippen LogP contribution is 2.57. The van der Waals surface area contributed by atoms with E-state index in [9.17, 15) is 9.90 Å². The van der Waals surface area contributed by atoms with Gasteiger partial charge in [-0.15, -0.1) is 0 Å². The molecule has 2 saturated carbocycles. The number of hydrogen-bond acceptors (Lipinski definition) is 5. The quantitative estimate of drug-likeness (QED) is 0.710. The third-order valence-corrected chi connectivity index (χ3v) is 8.65. The van der Waals surface area contributed by atoms with Crippen LogP contribution >= 0.6 is 0 Å². The van der Waals surface area contributed by atoms with Crippen LogP contribution in [0.15, 0.2) is 42.5 Å². The Morgan fingerprint density at radius 2 is 2.00 bits per heavy atom. The maximum absolute atomic E-state index is 13.5. The lowest BCUT2D eigenvalue weighted by molar-refractivity contribution is -0.175. The number of carbonyl (C=O) groups excluding carboxylic acids is 1. The smallest absolute Gasteiger partial charge is 0.162 e. The van der Waals surface area contributed by atoms with Crippen molar-refractivity contribution in [3.8, 4) is 5.75 Å². The molecule has 33 heavy (non-hydrogen) atoms. The summed E-state index contributed by atoms with van der Waals surface area (Å²) in [6.07, 6.45) is 5.28. The summed E-state index contributed by atoms with van der Waals surface area (Å²) in [7, 11) is 1.71. The lowest BCUT2D eigenvalue weighted by atomic mass is 9.49. The Morgan fingerprint density at radius 3 is 2.76 bits per heavy atom. The summed E-state index contributed by atoms with van der Waals surface area (Å²) >= 11 is 0. The van der Waals surface area contributed by atoms with Gasteiger partial charge in [0.05, 0.1) is 19.3 Å². The number of ketones is 1. The average Bonchev–Trinajstić information content (AvgIpc) is 3.63. The molecular weight excluding hydrogens is 414 g/mol. The van der Waals surface area contributed by atoms with E-state index < -0.39 is 17.1 Å². The van der Waals surface area contributed by atoms with Crippen LogP contribution in [0.2, 0.25) is 0 Å². The molecule has 2 aromatic carbocycles. The Bertz CT molecular complexity index is 1070. The lowest BCUT2D eigenvalue weighted by Gasteiger charge is -2.61. The van der Waals surface area contributed by atoms with Gasteiger partial charge in [-0.05, 0) is 79.0 Å². The van der Waals surface area contributed by atoms with E-state index in [1.165, 1.54) is 24.0 Å². The molecule has 3 fully saturated rings. The van der Waals surface area contributed by atoms with E-state index in [1.807, 2.05) is 30.3 Å². The number of aliphatic hydroxyl groups is 1.